The zero-order valence-electron chi connectivity index (χ0n) is 19.6. The van der Waals surface area contributed by atoms with Gasteiger partial charge in [-0.25, -0.2) is 0 Å². The number of methoxy groups -OCH3 is 1. The molecule has 4 rings (SSSR count). The zero-order valence-corrected chi connectivity index (χ0v) is 19.6. The maximum absolute atomic E-state index is 12.7. The molecule has 0 aliphatic carbocycles. The number of carbonyl (C=O) groups excluding carboxylic acids is 2. The van der Waals surface area contributed by atoms with Gasteiger partial charge in [0.15, 0.2) is 0 Å². The third kappa shape index (κ3) is 4.36. The van der Waals surface area contributed by atoms with Crippen LogP contribution in [0.1, 0.15) is 65.5 Å². The first-order valence-electron chi connectivity index (χ1n) is 11.3. The Labute approximate surface area is 194 Å². The van der Waals surface area contributed by atoms with Crippen molar-refractivity contribution in [1.82, 2.24) is 4.90 Å². The van der Waals surface area contributed by atoms with E-state index < -0.39 is 0 Å². The molecule has 170 valence electrons. The van der Waals surface area contributed by atoms with E-state index in [4.69, 9.17) is 9.47 Å². The lowest BCUT2D eigenvalue weighted by molar-refractivity contribution is 0.0652. The fraction of sp³-hybridized carbons (Fsp3) is 0.286. The van der Waals surface area contributed by atoms with E-state index in [-0.39, 0.29) is 17.2 Å². The molecule has 0 spiro atoms. The van der Waals surface area contributed by atoms with Gasteiger partial charge in [-0.3, -0.25) is 14.5 Å². The normalized spacial score (nSPS) is 13.3. The minimum Gasteiger partial charge on any atom is -0.497 e. The lowest BCUT2D eigenvalue weighted by Crippen LogP contribution is -2.30. The van der Waals surface area contributed by atoms with E-state index in [2.05, 4.69) is 26.0 Å². The summed E-state index contributed by atoms with van der Waals surface area (Å²) in [7, 11) is 1.66. The third-order valence-corrected chi connectivity index (χ3v) is 6.30. The summed E-state index contributed by atoms with van der Waals surface area (Å²) >= 11 is 0. The van der Waals surface area contributed by atoms with E-state index in [1.807, 2.05) is 43.3 Å². The van der Waals surface area contributed by atoms with Crippen LogP contribution < -0.4 is 9.47 Å². The van der Waals surface area contributed by atoms with Crippen LogP contribution in [0.2, 0.25) is 0 Å². The lowest BCUT2D eigenvalue weighted by Gasteiger charge is -2.26. The van der Waals surface area contributed by atoms with Crippen LogP contribution in [-0.2, 0) is 5.41 Å². The molecule has 5 heteroatoms. The monoisotopic (exact) mass is 443 g/mol. The summed E-state index contributed by atoms with van der Waals surface area (Å²) in [6.07, 6.45) is 1.72. The van der Waals surface area contributed by atoms with Gasteiger partial charge < -0.3 is 9.47 Å². The smallest absolute Gasteiger partial charge is 0.261 e. The first-order valence-corrected chi connectivity index (χ1v) is 11.3. The highest BCUT2D eigenvalue weighted by atomic mass is 16.5. The van der Waals surface area contributed by atoms with Crippen molar-refractivity contribution >= 4 is 11.8 Å². The molecule has 0 unspecified atom stereocenters. The highest BCUT2D eigenvalue weighted by Gasteiger charge is 2.35. The average Bonchev–Trinajstić information content (AvgIpc) is 3.07. The quantitative estimate of drug-likeness (QED) is 0.389. The predicted octanol–water partition coefficient (Wildman–Crippen LogP) is 6.21. The van der Waals surface area contributed by atoms with Gasteiger partial charge in [0.2, 0.25) is 0 Å². The summed E-state index contributed by atoms with van der Waals surface area (Å²) in [5.41, 5.74) is 3.01. The molecule has 0 aromatic heterocycles. The molecular weight excluding hydrogens is 414 g/mol. The van der Waals surface area contributed by atoms with Gasteiger partial charge in [0.1, 0.15) is 17.2 Å². The topological polar surface area (TPSA) is 55.8 Å². The van der Waals surface area contributed by atoms with Crippen molar-refractivity contribution in [2.24, 2.45) is 0 Å². The van der Waals surface area contributed by atoms with Gasteiger partial charge in [-0.15, -0.1) is 0 Å². The summed E-state index contributed by atoms with van der Waals surface area (Å²) in [6.45, 7) is 6.84. The third-order valence-electron chi connectivity index (χ3n) is 6.30. The van der Waals surface area contributed by atoms with Gasteiger partial charge in [0.05, 0.1) is 18.2 Å². The maximum atomic E-state index is 12.7. The Balaban J connectivity index is 1.50. The second-order valence-corrected chi connectivity index (χ2v) is 8.80. The van der Waals surface area contributed by atoms with Crippen molar-refractivity contribution in [3.8, 4) is 17.2 Å². The van der Waals surface area contributed by atoms with Gasteiger partial charge in [-0.05, 0) is 60.0 Å². The number of nitrogens with zero attached hydrogens (tertiary/aromatic N) is 1. The summed E-state index contributed by atoms with van der Waals surface area (Å²) in [5.74, 6) is 1.57. The number of fused-ring (bicyclic) bond motifs is 1. The molecule has 5 nitrogen and oxygen atoms in total. The standard InChI is InChI=1S/C28H29NO4/c1-5-6-17-29-26(30)24-16-15-23(18-25(24)27(29)31)33-22-13-9-20(10-14-22)28(2,3)19-7-11-21(32-4)12-8-19/h7-16,18H,5-6,17H2,1-4H3. The van der Waals surface area contributed by atoms with Crippen molar-refractivity contribution < 1.29 is 19.1 Å². The molecule has 2 amide bonds. The van der Waals surface area contributed by atoms with Crippen LogP contribution in [0, 0.1) is 0 Å². The number of benzene rings is 3. The van der Waals surface area contributed by atoms with Crippen molar-refractivity contribution in [1.29, 1.82) is 0 Å². The Morgan fingerprint density at radius 1 is 0.758 bits per heavy atom. The molecular formula is C28H29NO4. The minimum atomic E-state index is -0.245. The SMILES string of the molecule is CCCCN1C(=O)c2ccc(Oc3ccc(C(C)(C)c4ccc(OC)cc4)cc3)cc2C1=O. The van der Waals surface area contributed by atoms with E-state index >= 15 is 0 Å². The largest absolute Gasteiger partial charge is 0.497 e. The Hall–Kier alpha value is -3.60. The number of hydrogen-bond acceptors (Lipinski definition) is 4. The van der Waals surface area contributed by atoms with Crippen molar-refractivity contribution in [3.63, 3.8) is 0 Å². The highest BCUT2D eigenvalue weighted by molar-refractivity contribution is 6.21. The van der Waals surface area contributed by atoms with Crippen LogP contribution in [0.15, 0.2) is 66.7 Å². The second-order valence-electron chi connectivity index (χ2n) is 8.80. The number of hydrogen-bond donors (Lipinski definition) is 0. The zero-order chi connectivity index (χ0) is 23.6. The number of imide groups is 1. The maximum Gasteiger partial charge on any atom is 0.261 e. The van der Waals surface area contributed by atoms with Gasteiger partial charge in [-0.1, -0.05) is 51.5 Å². The highest BCUT2D eigenvalue weighted by Crippen LogP contribution is 2.35. The van der Waals surface area contributed by atoms with E-state index in [0.29, 0.717) is 29.2 Å². The van der Waals surface area contributed by atoms with Gasteiger partial charge >= 0.3 is 0 Å². The van der Waals surface area contributed by atoms with Crippen LogP contribution in [0.4, 0.5) is 0 Å². The molecule has 0 radical (unpaired) electrons. The predicted molar refractivity (Wildman–Crippen MR) is 128 cm³/mol. The van der Waals surface area contributed by atoms with Gasteiger partial charge in [0, 0.05) is 12.0 Å². The summed E-state index contributed by atoms with van der Waals surface area (Å²) in [6, 6.07) is 21.1. The van der Waals surface area contributed by atoms with Crippen LogP contribution >= 0.6 is 0 Å². The van der Waals surface area contributed by atoms with Crippen LogP contribution in [0.3, 0.4) is 0 Å². The Bertz CT molecular complexity index is 1160. The van der Waals surface area contributed by atoms with Crippen molar-refractivity contribution in [3.05, 3.63) is 89.0 Å². The molecule has 3 aromatic rings. The minimum absolute atomic E-state index is 0.187. The number of carbonyl (C=O) groups is 2. The molecule has 0 saturated carbocycles. The van der Waals surface area contributed by atoms with Gasteiger partial charge in [0.25, 0.3) is 11.8 Å². The van der Waals surface area contributed by atoms with Crippen LogP contribution in [0.25, 0.3) is 0 Å². The molecule has 1 aliphatic rings. The average molecular weight is 444 g/mol. The summed E-state index contributed by atoms with van der Waals surface area (Å²) < 4.78 is 11.3. The fourth-order valence-electron chi connectivity index (χ4n) is 4.10. The van der Waals surface area contributed by atoms with E-state index in [9.17, 15) is 9.59 Å². The molecule has 0 N–H and O–H groups in total. The first-order chi connectivity index (χ1) is 15.8. The molecule has 0 bridgehead atoms. The first kappa shape index (κ1) is 22.6. The Kier molecular flexibility index (Phi) is 6.23. The molecule has 0 atom stereocenters. The molecule has 1 heterocycles. The Morgan fingerprint density at radius 2 is 1.30 bits per heavy atom. The van der Waals surface area contributed by atoms with Crippen LogP contribution in [0.5, 0.6) is 17.2 Å². The summed E-state index contributed by atoms with van der Waals surface area (Å²) in [4.78, 5) is 26.5. The van der Waals surface area contributed by atoms with E-state index in [1.54, 1.807) is 25.3 Å². The summed E-state index contributed by atoms with van der Waals surface area (Å²) in [5, 5.41) is 0. The van der Waals surface area contributed by atoms with E-state index in [0.717, 1.165) is 24.2 Å². The molecule has 0 fully saturated rings. The number of ether oxygens (including phenoxy) is 2. The van der Waals surface area contributed by atoms with Crippen molar-refractivity contribution in [2.45, 2.75) is 39.0 Å². The van der Waals surface area contributed by atoms with Gasteiger partial charge in [-0.2, -0.15) is 0 Å². The molecule has 3 aromatic carbocycles. The Morgan fingerprint density at radius 3 is 1.88 bits per heavy atom. The second kappa shape index (κ2) is 9.10. The van der Waals surface area contributed by atoms with Crippen LogP contribution in [-0.4, -0.2) is 30.4 Å². The molecule has 0 saturated heterocycles. The fourth-order valence-corrected chi connectivity index (χ4v) is 4.10. The molecule has 1 aliphatic heterocycles. The number of unbranched alkanes of at least 4 members (excludes halogenated alkanes) is 1. The number of rotatable bonds is 8. The number of amides is 2. The van der Waals surface area contributed by atoms with E-state index in [1.165, 1.54) is 10.5 Å². The van der Waals surface area contributed by atoms with Crippen molar-refractivity contribution in [2.75, 3.05) is 13.7 Å². The lowest BCUT2D eigenvalue weighted by atomic mass is 9.78. The molecule has 33 heavy (non-hydrogen) atoms.